The predicted molar refractivity (Wildman–Crippen MR) is 76.5 cm³/mol. The third kappa shape index (κ3) is 3.05. The smallest absolute Gasteiger partial charge is 0.320 e. The minimum atomic E-state index is -1.10. The lowest BCUT2D eigenvalue weighted by Crippen LogP contribution is -2.30. The Hall–Kier alpha value is -2.34. The summed E-state index contributed by atoms with van der Waals surface area (Å²) in [7, 11) is 3.04. The number of fused-ring (bicyclic) bond motifs is 1. The Balaban J connectivity index is 2.46. The molecule has 0 bridgehead atoms. The molecular formula is C15H17NO5. The first-order chi connectivity index (χ1) is 9.96. The van der Waals surface area contributed by atoms with Crippen molar-refractivity contribution in [1.29, 1.82) is 0 Å². The molecule has 0 aliphatic heterocycles. The van der Waals surface area contributed by atoms with E-state index in [-0.39, 0.29) is 18.6 Å². The van der Waals surface area contributed by atoms with E-state index in [1.165, 1.54) is 20.3 Å². The van der Waals surface area contributed by atoms with Crippen molar-refractivity contribution in [3.8, 4) is 11.5 Å². The number of ether oxygens (including phenoxy) is 2. The van der Waals surface area contributed by atoms with Gasteiger partial charge in [-0.1, -0.05) is 0 Å². The lowest BCUT2D eigenvalue weighted by Gasteiger charge is -2.21. The summed E-state index contributed by atoms with van der Waals surface area (Å²) < 4.78 is 10.5. The Morgan fingerprint density at radius 1 is 1.33 bits per heavy atom. The molecule has 1 atom stereocenters. The lowest BCUT2D eigenvalue weighted by molar-refractivity contribution is -0.138. The molecule has 1 aromatic rings. The molecule has 1 aliphatic rings. The van der Waals surface area contributed by atoms with Crippen LogP contribution in [-0.4, -0.2) is 37.1 Å². The van der Waals surface area contributed by atoms with Crippen molar-refractivity contribution in [2.75, 3.05) is 14.2 Å². The van der Waals surface area contributed by atoms with Crippen LogP contribution in [0.15, 0.2) is 18.2 Å². The SMILES string of the molecule is COc1cc2c(cc1OC)C(CC(N)C(=O)O)=CC(=O)C2. The summed E-state index contributed by atoms with van der Waals surface area (Å²) in [6, 6.07) is 2.44. The molecule has 1 unspecified atom stereocenters. The number of ketones is 1. The molecule has 21 heavy (non-hydrogen) atoms. The summed E-state index contributed by atoms with van der Waals surface area (Å²) in [6.45, 7) is 0. The fourth-order valence-electron chi connectivity index (χ4n) is 2.37. The molecule has 0 radical (unpaired) electrons. The minimum absolute atomic E-state index is 0.0812. The average molecular weight is 291 g/mol. The zero-order valence-electron chi connectivity index (χ0n) is 11.9. The number of carboxylic acids is 1. The molecule has 6 heteroatoms. The first-order valence-corrected chi connectivity index (χ1v) is 6.43. The highest BCUT2D eigenvalue weighted by Crippen LogP contribution is 2.37. The van der Waals surface area contributed by atoms with Gasteiger partial charge in [-0.25, -0.2) is 0 Å². The van der Waals surface area contributed by atoms with Gasteiger partial charge in [-0.15, -0.1) is 0 Å². The molecule has 3 N–H and O–H groups in total. The molecule has 1 aliphatic carbocycles. The fourth-order valence-corrected chi connectivity index (χ4v) is 2.37. The Kier molecular flexibility index (Phi) is 4.28. The summed E-state index contributed by atoms with van der Waals surface area (Å²) in [4.78, 5) is 22.7. The van der Waals surface area contributed by atoms with Crippen LogP contribution >= 0.6 is 0 Å². The molecule has 0 spiro atoms. The fraction of sp³-hybridized carbons (Fsp3) is 0.333. The van der Waals surface area contributed by atoms with Gasteiger partial charge in [0.15, 0.2) is 17.3 Å². The first kappa shape index (κ1) is 15.1. The Morgan fingerprint density at radius 2 is 1.95 bits per heavy atom. The van der Waals surface area contributed by atoms with E-state index >= 15 is 0 Å². The third-order valence-electron chi connectivity index (χ3n) is 3.41. The van der Waals surface area contributed by atoms with Gasteiger partial charge in [-0.2, -0.15) is 0 Å². The normalized spacial score (nSPS) is 15.0. The topological polar surface area (TPSA) is 98.8 Å². The minimum Gasteiger partial charge on any atom is -0.493 e. The lowest BCUT2D eigenvalue weighted by atomic mass is 9.86. The number of aliphatic carboxylic acids is 1. The van der Waals surface area contributed by atoms with Crippen molar-refractivity contribution in [2.24, 2.45) is 5.73 Å². The van der Waals surface area contributed by atoms with E-state index in [2.05, 4.69) is 0 Å². The number of carbonyl (C=O) groups is 2. The van der Waals surface area contributed by atoms with Gasteiger partial charge in [-0.05, 0) is 41.3 Å². The van der Waals surface area contributed by atoms with E-state index in [0.29, 0.717) is 17.1 Å². The van der Waals surface area contributed by atoms with Crippen molar-refractivity contribution in [2.45, 2.75) is 18.9 Å². The van der Waals surface area contributed by atoms with Gasteiger partial charge < -0.3 is 20.3 Å². The largest absolute Gasteiger partial charge is 0.493 e. The number of hydrogen-bond donors (Lipinski definition) is 2. The van der Waals surface area contributed by atoms with Crippen molar-refractivity contribution in [3.05, 3.63) is 29.3 Å². The van der Waals surface area contributed by atoms with Gasteiger partial charge in [0.2, 0.25) is 0 Å². The Morgan fingerprint density at radius 3 is 2.52 bits per heavy atom. The van der Waals surface area contributed by atoms with Gasteiger partial charge >= 0.3 is 5.97 Å². The van der Waals surface area contributed by atoms with E-state index in [1.54, 1.807) is 12.1 Å². The third-order valence-corrected chi connectivity index (χ3v) is 3.41. The second-order valence-electron chi connectivity index (χ2n) is 4.83. The number of hydrogen-bond acceptors (Lipinski definition) is 5. The van der Waals surface area contributed by atoms with Crippen LogP contribution in [0.3, 0.4) is 0 Å². The Labute approximate surface area is 122 Å². The summed E-state index contributed by atoms with van der Waals surface area (Å²) in [5.74, 6) is -0.119. The number of carboxylic acid groups (broad SMARTS) is 1. The van der Waals surface area contributed by atoms with E-state index in [4.69, 9.17) is 20.3 Å². The molecule has 0 heterocycles. The van der Waals surface area contributed by atoms with E-state index in [1.807, 2.05) is 0 Å². The Bertz CT molecular complexity index is 621. The highest BCUT2D eigenvalue weighted by atomic mass is 16.5. The zero-order valence-corrected chi connectivity index (χ0v) is 11.9. The summed E-state index contributed by atoms with van der Waals surface area (Å²) in [6.07, 6.45) is 1.79. The molecule has 0 aromatic heterocycles. The van der Waals surface area contributed by atoms with E-state index in [9.17, 15) is 9.59 Å². The molecule has 2 rings (SSSR count). The van der Waals surface area contributed by atoms with Crippen LogP contribution in [0.5, 0.6) is 11.5 Å². The summed E-state index contributed by atoms with van der Waals surface area (Å²) in [5.41, 5.74) is 7.74. The number of allylic oxidation sites excluding steroid dienone is 1. The number of nitrogens with two attached hydrogens (primary N) is 1. The standard InChI is InChI=1S/C15H17NO5/c1-20-13-6-9-4-10(17)3-8(5-12(16)15(18)19)11(9)7-14(13)21-2/h3,6-7,12H,4-5,16H2,1-2H3,(H,18,19). The van der Waals surface area contributed by atoms with Crippen molar-refractivity contribution in [1.82, 2.24) is 0 Å². The van der Waals surface area contributed by atoms with Gasteiger partial charge in [-0.3, -0.25) is 9.59 Å². The molecule has 112 valence electrons. The number of rotatable bonds is 5. The van der Waals surface area contributed by atoms with Crippen LogP contribution in [0.4, 0.5) is 0 Å². The summed E-state index contributed by atoms with van der Waals surface area (Å²) >= 11 is 0. The number of carbonyl (C=O) groups excluding carboxylic acids is 1. The van der Waals surface area contributed by atoms with Crippen LogP contribution in [-0.2, 0) is 16.0 Å². The predicted octanol–water partition coefficient (Wildman–Crippen LogP) is 1.01. The monoisotopic (exact) mass is 291 g/mol. The first-order valence-electron chi connectivity index (χ1n) is 6.43. The van der Waals surface area contributed by atoms with Crippen LogP contribution in [0, 0.1) is 0 Å². The quantitative estimate of drug-likeness (QED) is 0.840. The molecule has 0 saturated carbocycles. The molecule has 0 fully saturated rings. The molecule has 1 aromatic carbocycles. The van der Waals surface area contributed by atoms with Gasteiger partial charge in [0, 0.05) is 6.42 Å². The van der Waals surface area contributed by atoms with Crippen LogP contribution in [0.1, 0.15) is 17.5 Å². The second-order valence-corrected chi connectivity index (χ2v) is 4.83. The van der Waals surface area contributed by atoms with Crippen molar-refractivity contribution < 1.29 is 24.2 Å². The maximum absolute atomic E-state index is 11.8. The zero-order chi connectivity index (χ0) is 15.6. The van der Waals surface area contributed by atoms with Crippen LogP contribution in [0.2, 0.25) is 0 Å². The molecule has 6 nitrogen and oxygen atoms in total. The van der Waals surface area contributed by atoms with Crippen LogP contribution in [0.25, 0.3) is 5.57 Å². The van der Waals surface area contributed by atoms with Crippen molar-refractivity contribution in [3.63, 3.8) is 0 Å². The second kappa shape index (κ2) is 5.97. The van der Waals surface area contributed by atoms with Crippen LogP contribution < -0.4 is 15.2 Å². The molecule has 0 saturated heterocycles. The number of benzene rings is 1. The number of methoxy groups -OCH3 is 2. The van der Waals surface area contributed by atoms with Gasteiger partial charge in [0.25, 0.3) is 0 Å². The van der Waals surface area contributed by atoms with E-state index in [0.717, 1.165) is 11.1 Å². The van der Waals surface area contributed by atoms with Gasteiger partial charge in [0.1, 0.15) is 6.04 Å². The van der Waals surface area contributed by atoms with Crippen molar-refractivity contribution >= 4 is 17.3 Å². The summed E-state index contributed by atoms with van der Waals surface area (Å²) in [5, 5.41) is 8.93. The average Bonchev–Trinajstić information content (AvgIpc) is 2.45. The highest BCUT2D eigenvalue weighted by molar-refractivity contribution is 6.02. The van der Waals surface area contributed by atoms with Gasteiger partial charge in [0.05, 0.1) is 14.2 Å². The molecular weight excluding hydrogens is 274 g/mol. The maximum Gasteiger partial charge on any atom is 0.320 e. The maximum atomic E-state index is 11.8. The molecule has 0 amide bonds. The van der Waals surface area contributed by atoms with E-state index < -0.39 is 12.0 Å². The highest BCUT2D eigenvalue weighted by Gasteiger charge is 2.24.